The summed E-state index contributed by atoms with van der Waals surface area (Å²) in [6, 6.07) is 7.87. The van der Waals surface area contributed by atoms with Crippen molar-refractivity contribution in [1.82, 2.24) is 4.90 Å². The third-order valence-electron chi connectivity index (χ3n) is 3.05. The van der Waals surface area contributed by atoms with Crippen LogP contribution in [0.25, 0.3) is 0 Å². The Morgan fingerprint density at radius 3 is 2.37 bits per heavy atom. The fourth-order valence-electron chi connectivity index (χ4n) is 1.80. The molecule has 0 saturated carbocycles. The summed E-state index contributed by atoms with van der Waals surface area (Å²) >= 11 is 0. The lowest BCUT2D eigenvalue weighted by Gasteiger charge is -2.20. The van der Waals surface area contributed by atoms with E-state index in [2.05, 4.69) is 4.74 Å². The zero-order chi connectivity index (χ0) is 14.4. The third kappa shape index (κ3) is 4.73. The second kappa shape index (κ2) is 6.92. The number of carbonyl (C=O) groups excluding carboxylic acids is 2. The molecule has 0 N–H and O–H groups in total. The van der Waals surface area contributed by atoms with E-state index in [0.717, 1.165) is 5.56 Å². The zero-order valence-electron chi connectivity index (χ0n) is 12.0. The molecule has 0 heterocycles. The van der Waals surface area contributed by atoms with E-state index in [0.29, 0.717) is 13.0 Å². The van der Waals surface area contributed by atoms with Crippen LogP contribution in [0.1, 0.15) is 18.1 Å². The summed E-state index contributed by atoms with van der Waals surface area (Å²) in [5.41, 5.74) is 2.15. The average molecular weight is 263 g/mol. The molecule has 4 nitrogen and oxygen atoms in total. The quantitative estimate of drug-likeness (QED) is 0.761. The molecule has 0 fully saturated rings. The molecule has 0 spiro atoms. The van der Waals surface area contributed by atoms with Crippen molar-refractivity contribution in [1.29, 1.82) is 0 Å². The van der Waals surface area contributed by atoms with Crippen LogP contribution in [0.5, 0.6) is 0 Å². The molecule has 4 heteroatoms. The molecule has 1 rings (SSSR count). The number of hydrogen-bond acceptors (Lipinski definition) is 3. The van der Waals surface area contributed by atoms with E-state index >= 15 is 0 Å². The van der Waals surface area contributed by atoms with E-state index in [-0.39, 0.29) is 17.8 Å². The van der Waals surface area contributed by atoms with Gasteiger partial charge in [-0.2, -0.15) is 0 Å². The summed E-state index contributed by atoms with van der Waals surface area (Å²) in [5, 5.41) is 0. The molecule has 1 unspecified atom stereocenters. The maximum atomic E-state index is 12.0. The Kier molecular flexibility index (Phi) is 5.55. The van der Waals surface area contributed by atoms with E-state index in [9.17, 15) is 9.59 Å². The summed E-state index contributed by atoms with van der Waals surface area (Å²) in [6.07, 6.45) is 0.352. The number of methoxy groups -OCH3 is 1. The minimum absolute atomic E-state index is 0.000365. The Labute approximate surface area is 114 Å². The summed E-state index contributed by atoms with van der Waals surface area (Å²) in [6.45, 7) is 4.13. The van der Waals surface area contributed by atoms with E-state index < -0.39 is 0 Å². The number of ether oxygens (including phenoxy) is 1. The number of esters is 1. The van der Waals surface area contributed by atoms with E-state index in [4.69, 9.17) is 0 Å². The van der Waals surface area contributed by atoms with Crippen molar-refractivity contribution >= 4 is 11.9 Å². The highest BCUT2D eigenvalue weighted by atomic mass is 16.5. The summed E-state index contributed by atoms with van der Waals surface area (Å²) in [7, 11) is 3.06. The molecule has 104 valence electrons. The predicted molar refractivity (Wildman–Crippen MR) is 73.7 cm³/mol. The van der Waals surface area contributed by atoms with Gasteiger partial charge in [-0.15, -0.1) is 0 Å². The minimum atomic E-state index is -0.308. The van der Waals surface area contributed by atoms with Crippen molar-refractivity contribution in [2.45, 2.75) is 20.3 Å². The van der Waals surface area contributed by atoms with Crippen LogP contribution in [0.3, 0.4) is 0 Å². The lowest BCUT2D eigenvalue weighted by atomic mass is 10.1. The minimum Gasteiger partial charge on any atom is -0.469 e. The van der Waals surface area contributed by atoms with Gasteiger partial charge in [0.15, 0.2) is 0 Å². The molecular weight excluding hydrogens is 242 g/mol. The zero-order valence-corrected chi connectivity index (χ0v) is 12.0. The number of amides is 1. The highest BCUT2D eigenvalue weighted by Gasteiger charge is 2.18. The van der Waals surface area contributed by atoms with Crippen LogP contribution >= 0.6 is 0 Å². The van der Waals surface area contributed by atoms with Crippen LogP contribution in [-0.2, 0) is 20.7 Å². The van der Waals surface area contributed by atoms with Gasteiger partial charge in [0, 0.05) is 13.6 Å². The van der Waals surface area contributed by atoms with Crippen molar-refractivity contribution < 1.29 is 14.3 Å². The van der Waals surface area contributed by atoms with Gasteiger partial charge in [-0.05, 0) is 12.5 Å². The fourth-order valence-corrected chi connectivity index (χ4v) is 1.80. The highest BCUT2D eigenvalue weighted by Crippen LogP contribution is 2.07. The molecule has 0 aliphatic heterocycles. The third-order valence-corrected chi connectivity index (χ3v) is 3.05. The Morgan fingerprint density at radius 2 is 1.84 bits per heavy atom. The predicted octanol–water partition coefficient (Wildman–Crippen LogP) is 1.81. The van der Waals surface area contributed by atoms with Crippen molar-refractivity contribution in [3.63, 3.8) is 0 Å². The standard InChI is InChI=1S/C15H21NO3/c1-11-5-7-13(8-6-11)9-14(17)16(3)10-12(2)15(18)19-4/h5-8,12H,9-10H2,1-4H3. The Hall–Kier alpha value is -1.84. The first-order chi connectivity index (χ1) is 8.93. The van der Waals surface area contributed by atoms with Crippen LogP contribution in [0.4, 0.5) is 0 Å². The normalized spacial score (nSPS) is 11.8. The number of hydrogen-bond donors (Lipinski definition) is 0. The number of nitrogens with zero attached hydrogens (tertiary/aromatic N) is 1. The topological polar surface area (TPSA) is 46.6 Å². The first-order valence-electron chi connectivity index (χ1n) is 6.31. The maximum absolute atomic E-state index is 12.0. The van der Waals surface area contributed by atoms with Gasteiger partial charge in [-0.3, -0.25) is 9.59 Å². The van der Waals surface area contributed by atoms with Crippen molar-refractivity contribution in [3.05, 3.63) is 35.4 Å². The molecule has 0 radical (unpaired) electrons. The molecule has 0 aliphatic carbocycles. The van der Waals surface area contributed by atoms with Crippen LogP contribution in [-0.4, -0.2) is 37.5 Å². The summed E-state index contributed by atoms with van der Waals surface area (Å²) in [4.78, 5) is 24.9. The van der Waals surface area contributed by atoms with E-state index in [1.54, 1.807) is 18.9 Å². The number of benzene rings is 1. The van der Waals surface area contributed by atoms with Crippen LogP contribution in [0, 0.1) is 12.8 Å². The number of rotatable bonds is 5. The number of carbonyl (C=O) groups is 2. The molecule has 0 aliphatic rings. The molecule has 1 aromatic rings. The van der Waals surface area contributed by atoms with Gasteiger partial charge < -0.3 is 9.64 Å². The van der Waals surface area contributed by atoms with Crippen molar-refractivity contribution in [2.24, 2.45) is 5.92 Å². The number of aryl methyl sites for hydroxylation is 1. The van der Waals surface area contributed by atoms with Gasteiger partial charge in [0.2, 0.25) is 5.91 Å². The second-order valence-corrected chi connectivity index (χ2v) is 4.86. The van der Waals surface area contributed by atoms with Crippen LogP contribution < -0.4 is 0 Å². The molecule has 1 aromatic carbocycles. The molecule has 1 amide bonds. The molecule has 0 bridgehead atoms. The van der Waals surface area contributed by atoms with Gasteiger partial charge in [0.05, 0.1) is 19.4 Å². The first kappa shape index (κ1) is 15.2. The smallest absolute Gasteiger partial charge is 0.310 e. The molecule has 0 aromatic heterocycles. The Bertz CT molecular complexity index is 439. The monoisotopic (exact) mass is 263 g/mol. The van der Waals surface area contributed by atoms with E-state index in [1.165, 1.54) is 12.7 Å². The Balaban J connectivity index is 2.53. The molecular formula is C15H21NO3. The van der Waals surface area contributed by atoms with Crippen LogP contribution in [0.15, 0.2) is 24.3 Å². The second-order valence-electron chi connectivity index (χ2n) is 4.86. The van der Waals surface area contributed by atoms with Gasteiger partial charge in [0.1, 0.15) is 0 Å². The van der Waals surface area contributed by atoms with Gasteiger partial charge in [-0.1, -0.05) is 36.8 Å². The van der Waals surface area contributed by atoms with Gasteiger partial charge >= 0.3 is 5.97 Å². The summed E-state index contributed by atoms with van der Waals surface area (Å²) in [5.74, 6) is -0.605. The van der Waals surface area contributed by atoms with Gasteiger partial charge in [-0.25, -0.2) is 0 Å². The first-order valence-corrected chi connectivity index (χ1v) is 6.31. The molecule has 1 atom stereocenters. The van der Waals surface area contributed by atoms with Crippen LogP contribution in [0.2, 0.25) is 0 Å². The molecule has 0 saturated heterocycles. The fraction of sp³-hybridized carbons (Fsp3) is 0.467. The lowest BCUT2D eigenvalue weighted by Crippen LogP contribution is -2.35. The largest absolute Gasteiger partial charge is 0.469 e. The highest BCUT2D eigenvalue weighted by molar-refractivity contribution is 5.79. The SMILES string of the molecule is COC(=O)C(C)CN(C)C(=O)Cc1ccc(C)cc1. The van der Waals surface area contributed by atoms with E-state index in [1.807, 2.05) is 31.2 Å². The summed E-state index contributed by atoms with van der Waals surface area (Å²) < 4.78 is 4.65. The van der Waals surface area contributed by atoms with Gasteiger partial charge in [0.25, 0.3) is 0 Å². The van der Waals surface area contributed by atoms with Crippen molar-refractivity contribution in [2.75, 3.05) is 20.7 Å². The van der Waals surface area contributed by atoms with Crippen molar-refractivity contribution in [3.8, 4) is 0 Å². The molecule has 19 heavy (non-hydrogen) atoms. The number of likely N-dealkylation sites (N-methyl/N-ethyl adjacent to an activating group) is 1. The average Bonchev–Trinajstić information content (AvgIpc) is 2.40. The lowest BCUT2D eigenvalue weighted by molar-refractivity contribution is -0.146. The Morgan fingerprint density at radius 1 is 1.26 bits per heavy atom. The maximum Gasteiger partial charge on any atom is 0.310 e.